The van der Waals surface area contributed by atoms with Crippen LogP contribution in [0.2, 0.25) is 10.0 Å². The Morgan fingerprint density at radius 1 is 0.976 bits per heavy atom. The van der Waals surface area contributed by atoms with E-state index in [0.717, 1.165) is 26.9 Å². The molecule has 0 radical (unpaired) electrons. The molecule has 1 aromatic heterocycles. The monoisotopic (exact) mass is 614 g/mol. The molecule has 0 saturated heterocycles. The number of sulfonamides is 1. The van der Waals surface area contributed by atoms with Gasteiger partial charge in [0.2, 0.25) is 0 Å². The third-order valence-electron chi connectivity index (χ3n) is 6.29. The van der Waals surface area contributed by atoms with Gasteiger partial charge in [0, 0.05) is 28.0 Å². The molecular formula is C29H28Cl2N4O5S. The lowest BCUT2D eigenvalue weighted by Crippen LogP contribution is -2.39. The van der Waals surface area contributed by atoms with Crippen LogP contribution in [-0.2, 0) is 14.8 Å². The Bertz CT molecular complexity index is 1710. The van der Waals surface area contributed by atoms with E-state index in [-0.39, 0.29) is 10.6 Å². The fraction of sp³-hybridized carbons (Fsp3) is 0.172. The molecule has 1 heterocycles. The fourth-order valence-corrected chi connectivity index (χ4v) is 6.23. The molecule has 1 amide bonds. The average molecular weight is 616 g/mol. The van der Waals surface area contributed by atoms with Crippen LogP contribution in [0.1, 0.15) is 17.0 Å². The minimum atomic E-state index is -4.12. The highest BCUT2D eigenvalue weighted by atomic mass is 35.5. The number of nitrogens with one attached hydrogen (secondary N) is 1. The number of carbonyl (C=O) groups is 1. The van der Waals surface area contributed by atoms with Crippen molar-refractivity contribution in [3.8, 4) is 17.2 Å². The summed E-state index contributed by atoms with van der Waals surface area (Å²) in [5.74, 6) is 0.0813. The maximum atomic E-state index is 13.6. The molecule has 41 heavy (non-hydrogen) atoms. The Labute approximate surface area is 249 Å². The number of aryl methyl sites for hydroxylation is 1. The number of amides is 1. The number of hydrogen-bond acceptors (Lipinski definition) is 6. The first-order valence-electron chi connectivity index (χ1n) is 12.3. The molecule has 214 valence electrons. The standard InChI is InChI=1S/C29H28Cl2N4O5S/c1-19-14-21(20(2)35(19)26-12-10-22(30)15-25(26)31)17-32-33-29(36)18-34(41(37,38)24-8-6-5-7-9-24)23-11-13-27(39-3)28(16-23)40-4/h5-17H,18H2,1-4H3,(H,33,36)/b32-17-. The zero-order valence-electron chi connectivity index (χ0n) is 22.8. The van der Waals surface area contributed by atoms with E-state index in [1.165, 1.54) is 44.7 Å². The van der Waals surface area contributed by atoms with E-state index < -0.39 is 22.5 Å². The molecule has 9 nitrogen and oxygen atoms in total. The number of ether oxygens (including phenoxy) is 2. The van der Waals surface area contributed by atoms with Gasteiger partial charge < -0.3 is 14.0 Å². The molecule has 0 aliphatic rings. The SMILES string of the molecule is COc1ccc(N(CC(=O)N/N=C\c2cc(C)n(-c3ccc(Cl)cc3Cl)c2C)S(=O)(=O)c2ccccc2)cc1OC. The van der Waals surface area contributed by atoms with E-state index >= 15 is 0 Å². The molecule has 4 aromatic rings. The third-order valence-corrected chi connectivity index (χ3v) is 8.61. The number of methoxy groups -OCH3 is 2. The highest BCUT2D eigenvalue weighted by Gasteiger charge is 2.28. The van der Waals surface area contributed by atoms with Gasteiger partial charge in [0.1, 0.15) is 6.54 Å². The largest absolute Gasteiger partial charge is 0.493 e. The summed E-state index contributed by atoms with van der Waals surface area (Å²) in [6.07, 6.45) is 1.49. The van der Waals surface area contributed by atoms with Crippen molar-refractivity contribution in [2.75, 3.05) is 25.1 Å². The van der Waals surface area contributed by atoms with Crippen molar-refractivity contribution in [2.24, 2.45) is 5.10 Å². The van der Waals surface area contributed by atoms with Gasteiger partial charge in [-0.2, -0.15) is 5.10 Å². The fourth-order valence-electron chi connectivity index (χ4n) is 4.31. The van der Waals surface area contributed by atoms with Crippen molar-refractivity contribution in [3.63, 3.8) is 0 Å². The van der Waals surface area contributed by atoms with Crippen molar-refractivity contribution in [1.82, 2.24) is 9.99 Å². The average Bonchev–Trinajstić information content (AvgIpc) is 3.24. The number of aromatic nitrogens is 1. The normalized spacial score (nSPS) is 11.5. The van der Waals surface area contributed by atoms with Gasteiger partial charge in [0.15, 0.2) is 11.5 Å². The number of rotatable bonds is 10. The number of nitrogens with zero attached hydrogens (tertiary/aromatic N) is 3. The Kier molecular flexibility index (Phi) is 9.27. The lowest BCUT2D eigenvalue weighted by atomic mass is 10.2. The lowest BCUT2D eigenvalue weighted by Gasteiger charge is -2.24. The van der Waals surface area contributed by atoms with Crippen LogP contribution in [0.25, 0.3) is 5.69 Å². The van der Waals surface area contributed by atoms with Crippen molar-refractivity contribution in [3.05, 3.63) is 99.8 Å². The number of benzene rings is 3. The second-order valence-corrected chi connectivity index (χ2v) is 11.6. The number of anilines is 1. The molecule has 0 unspecified atom stereocenters. The molecule has 0 bridgehead atoms. The molecule has 12 heteroatoms. The molecule has 0 fully saturated rings. The maximum Gasteiger partial charge on any atom is 0.264 e. The predicted octanol–water partition coefficient (Wildman–Crippen LogP) is 5.76. The van der Waals surface area contributed by atoms with Crippen LogP contribution < -0.4 is 19.2 Å². The van der Waals surface area contributed by atoms with Crippen molar-refractivity contribution >= 4 is 51.0 Å². The van der Waals surface area contributed by atoms with Gasteiger partial charge in [-0.05, 0) is 62.4 Å². The summed E-state index contributed by atoms with van der Waals surface area (Å²) >= 11 is 12.5. The summed E-state index contributed by atoms with van der Waals surface area (Å²) < 4.78 is 40.8. The number of halogens is 2. The van der Waals surface area contributed by atoms with Crippen molar-refractivity contribution in [1.29, 1.82) is 0 Å². The van der Waals surface area contributed by atoms with Crippen molar-refractivity contribution < 1.29 is 22.7 Å². The van der Waals surface area contributed by atoms with Crippen LogP contribution in [-0.4, -0.2) is 45.9 Å². The zero-order valence-corrected chi connectivity index (χ0v) is 25.1. The highest BCUT2D eigenvalue weighted by Crippen LogP contribution is 2.34. The van der Waals surface area contributed by atoms with E-state index in [1.54, 1.807) is 36.4 Å². The predicted molar refractivity (Wildman–Crippen MR) is 162 cm³/mol. The first-order valence-corrected chi connectivity index (χ1v) is 14.5. The van der Waals surface area contributed by atoms with Gasteiger partial charge in [-0.3, -0.25) is 9.10 Å². The summed E-state index contributed by atoms with van der Waals surface area (Å²) in [7, 11) is -1.20. The minimum Gasteiger partial charge on any atom is -0.493 e. The van der Waals surface area contributed by atoms with Crippen LogP contribution in [0.5, 0.6) is 11.5 Å². The first-order chi connectivity index (χ1) is 19.6. The first kappa shape index (κ1) is 30.0. The summed E-state index contributed by atoms with van der Waals surface area (Å²) in [4.78, 5) is 13.0. The van der Waals surface area contributed by atoms with Gasteiger partial charge in [0.05, 0.1) is 41.7 Å². The Morgan fingerprint density at radius 2 is 1.68 bits per heavy atom. The van der Waals surface area contributed by atoms with Crippen LogP contribution in [0, 0.1) is 13.8 Å². The van der Waals surface area contributed by atoms with E-state index in [4.69, 9.17) is 32.7 Å². The van der Waals surface area contributed by atoms with Crippen LogP contribution >= 0.6 is 23.2 Å². The topological polar surface area (TPSA) is 102 Å². The Balaban J connectivity index is 1.59. The van der Waals surface area contributed by atoms with Gasteiger partial charge in [0.25, 0.3) is 15.9 Å². The molecule has 0 saturated carbocycles. The summed E-state index contributed by atoms with van der Waals surface area (Å²) in [6.45, 7) is 3.28. The van der Waals surface area contributed by atoms with Crippen LogP contribution in [0.15, 0.2) is 82.8 Å². The van der Waals surface area contributed by atoms with E-state index in [9.17, 15) is 13.2 Å². The molecule has 0 atom stereocenters. The van der Waals surface area contributed by atoms with Gasteiger partial charge in [-0.25, -0.2) is 13.8 Å². The maximum absolute atomic E-state index is 13.6. The van der Waals surface area contributed by atoms with Gasteiger partial charge >= 0.3 is 0 Å². The number of carbonyl (C=O) groups excluding carboxylic acids is 1. The smallest absolute Gasteiger partial charge is 0.264 e. The van der Waals surface area contributed by atoms with Gasteiger partial charge in [-0.15, -0.1) is 0 Å². The third kappa shape index (κ3) is 6.51. The van der Waals surface area contributed by atoms with Gasteiger partial charge in [-0.1, -0.05) is 41.4 Å². The van der Waals surface area contributed by atoms with E-state index in [1.807, 2.05) is 30.5 Å². The van der Waals surface area contributed by atoms with E-state index in [0.29, 0.717) is 21.5 Å². The van der Waals surface area contributed by atoms with Crippen LogP contribution in [0.3, 0.4) is 0 Å². The second-order valence-electron chi connectivity index (χ2n) is 8.91. The molecule has 1 N–H and O–H groups in total. The molecule has 4 rings (SSSR count). The minimum absolute atomic E-state index is 0.0272. The number of hydrogen-bond donors (Lipinski definition) is 1. The quantitative estimate of drug-likeness (QED) is 0.181. The molecule has 0 spiro atoms. The summed E-state index contributed by atoms with van der Waals surface area (Å²) in [6, 6.07) is 19.6. The lowest BCUT2D eigenvalue weighted by molar-refractivity contribution is -0.119. The Morgan fingerprint density at radius 3 is 2.34 bits per heavy atom. The molecule has 0 aliphatic carbocycles. The molecule has 3 aromatic carbocycles. The summed E-state index contributed by atoms with van der Waals surface area (Å²) in [5.41, 5.74) is 5.88. The molecular weight excluding hydrogens is 587 g/mol. The summed E-state index contributed by atoms with van der Waals surface area (Å²) in [5, 5.41) is 5.11. The second kappa shape index (κ2) is 12.7. The van der Waals surface area contributed by atoms with E-state index in [2.05, 4.69) is 10.5 Å². The van der Waals surface area contributed by atoms with Crippen LogP contribution in [0.4, 0.5) is 5.69 Å². The number of hydrazone groups is 1. The van der Waals surface area contributed by atoms with Crippen molar-refractivity contribution in [2.45, 2.75) is 18.7 Å². The Hall–Kier alpha value is -3.99. The molecule has 0 aliphatic heterocycles. The zero-order chi connectivity index (χ0) is 29.7. The highest BCUT2D eigenvalue weighted by molar-refractivity contribution is 7.92.